The maximum atomic E-state index is 14.0. The molecule has 2 aliphatic rings. The van der Waals surface area contributed by atoms with Gasteiger partial charge in [0.05, 0.1) is 22.0 Å². The van der Waals surface area contributed by atoms with Gasteiger partial charge in [0.2, 0.25) is 11.8 Å². The van der Waals surface area contributed by atoms with Gasteiger partial charge in [-0.25, -0.2) is 0 Å². The monoisotopic (exact) mass is 691 g/mol. The van der Waals surface area contributed by atoms with Gasteiger partial charge in [-0.05, 0) is 66.7 Å². The van der Waals surface area contributed by atoms with Crippen molar-refractivity contribution in [1.82, 2.24) is 14.7 Å². The highest BCUT2D eigenvalue weighted by atomic mass is 35.5. The first kappa shape index (κ1) is 34.6. The van der Waals surface area contributed by atoms with Crippen LogP contribution in [-0.4, -0.2) is 73.0 Å². The van der Waals surface area contributed by atoms with Gasteiger partial charge in [-0.3, -0.25) is 9.59 Å². The summed E-state index contributed by atoms with van der Waals surface area (Å²) < 4.78 is 40.0. The number of thioether (sulfide) groups is 1. The highest BCUT2D eigenvalue weighted by molar-refractivity contribution is 7.99. The number of halogens is 5. The molecule has 246 valence electrons. The standard InChI is InChI=1S/C35H38Cl2F3N3O2S/c1-41(32(45)22-35(38,39)40)24-33(27-12-13-29(36)30(37)21-27,42(2)31(44)20-25-8-4-3-5-9-25)14-17-43-18-15-34(16-19-43)28-11-7-6-10-26(28)23-46-34/h3-13,21H,14-20,22-24H2,1-2H3. The van der Waals surface area contributed by atoms with E-state index in [1.807, 2.05) is 42.1 Å². The van der Waals surface area contributed by atoms with Gasteiger partial charge in [0, 0.05) is 37.7 Å². The molecule has 1 fully saturated rings. The minimum atomic E-state index is -4.66. The molecule has 5 rings (SSSR count). The van der Waals surface area contributed by atoms with Crippen molar-refractivity contribution in [2.45, 2.75) is 54.3 Å². The lowest BCUT2D eigenvalue weighted by atomic mass is 9.82. The molecule has 1 saturated heterocycles. The van der Waals surface area contributed by atoms with Crippen LogP contribution in [0.4, 0.5) is 13.2 Å². The van der Waals surface area contributed by atoms with Crippen molar-refractivity contribution in [1.29, 1.82) is 0 Å². The normalized spacial score (nSPS) is 17.4. The van der Waals surface area contributed by atoms with Crippen molar-refractivity contribution in [2.24, 2.45) is 0 Å². The SMILES string of the molecule is CN(CC(CCN1CCC2(CC1)SCc1ccccc12)(c1ccc(Cl)c(Cl)c1)N(C)C(=O)Cc1ccccc1)C(=O)CC(F)(F)F. The number of nitrogens with zero attached hydrogens (tertiary/aromatic N) is 3. The number of piperidine rings is 1. The molecule has 5 nitrogen and oxygen atoms in total. The van der Waals surface area contributed by atoms with Gasteiger partial charge < -0.3 is 14.7 Å². The molecule has 0 radical (unpaired) electrons. The van der Waals surface area contributed by atoms with E-state index >= 15 is 0 Å². The Hall–Kier alpha value is -2.72. The fourth-order valence-electron chi connectivity index (χ4n) is 6.76. The molecule has 1 unspecified atom stereocenters. The summed E-state index contributed by atoms with van der Waals surface area (Å²) in [6.45, 7) is 2.08. The number of likely N-dealkylation sites (tertiary alicyclic amines) is 1. The van der Waals surface area contributed by atoms with Crippen molar-refractivity contribution >= 4 is 46.8 Å². The predicted octanol–water partition coefficient (Wildman–Crippen LogP) is 7.93. The van der Waals surface area contributed by atoms with Crippen molar-refractivity contribution in [3.05, 3.63) is 105 Å². The summed E-state index contributed by atoms with van der Waals surface area (Å²) in [5.74, 6) is -0.299. The molecule has 11 heteroatoms. The smallest absolute Gasteiger partial charge is 0.343 e. The Morgan fingerprint density at radius 2 is 1.59 bits per heavy atom. The van der Waals surface area contributed by atoms with E-state index in [1.54, 1.807) is 30.1 Å². The average molecular weight is 693 g/mol. The highest BCUT2D eigenvalue weighted by Gasteiger charge is 2.45. The summed E-state index contributed by atoms with van der Waals surface area (Å²) in [6, 6.07) is 22.9. The molecular formula is C35H38Cl2F3N3O2S. The number of likely N-dealkylation sites (N-methyl/N-ethyl adjacent to an activating group) is 2. The second kappa shape index (κ2) is 14.2. The number of carbonyl (C=O) groups is 2. The van der Waals surface area contributed by atoms with Crippen LogP contribution in [0.1, 0.15) is 47.9 Å². The fraction of sp³-hybridized carbons (Fsp3) is 0.429. The molecule has 3 aromatic carbocycles. The number of carbonyl (C=O) groups excluding carboxylic acids is 2. The van der Waals surface area contributed by atoms with E-state index in [0.29, 0.717) is 23.6 Å². The third-order valence-corrected chi connectivity index (χ3v) is 11.8. The molecular weight excluding hydrogens is 654 g/mol. The van der Waals surface area contributed by atoms with E-state index in [1.165, 1.54) is 18.2 Å². The Morgan fingerprint density at radius 3 is 2.26 bits per heavy atom. The van der Waals surface area contributed by atoms with Crippen LogP contribution < -0.4 is 0 Å². The zero-order chi connectivity index (χ0) is 33.1. The van der Waals surface area contributed by atoms with Crippen LogP contribution in [0, 0.1) is 0 Å². The topological polar surface area (TPSA) is 43.9 Å². The molecule has 1 spiro atoms. The molecule has 46 heavy (non-hydrogen) atoms. The molecule has 2 amide bonds. The van der Waals surface area contributed by atoms with Gasteiger partial charge in [-0.15, -0.1) is 11.8 Å². The highest BCUT2D eigenvalue weighted by Crippen LogP contribution is 2.53. The number of hydrogen-bond acceptors (Lipinski definition) is 4. The minimum absolute atomic E-state index is 0.0839. The van der Waals surface area contributed by atoms with Gasteiger partial charge in [0.1, 0.15) is 6.42 Å². The third-order valence-electron chi connectivity index (χ3n) is 9.46. The zero-order valence-corrected chi connectivity index (χ0v) is 28.3. The van der Waals surface area contributed by atoms with Gasteiger partial charge in [-0.2, -0.15) is 13.2 Å². The summed E-state index contributed by atoms with van der Waals surface area (Å²) >= 11 is 14.8. The lowest BCUT2D eigenvalue weighted by Gasteiger charge is -2.47. The number of alkyl halides is 3. The Labute approximate surface area is 283 Å². The molecule has 0 aromatic heterocycles. The van der Waals surface area contributed by atoms with Crippen molar-refractivity contribution in [3.8, 4) is 0 Å². The van der Waals surface area contributed by atoms with Crippen LogP contribution >= 0.6 is 35.0 Å². The maximum Gasteiger partial charge on any atom is 0.397 e. The molecule has 0 N–H and O–H groups in total. The maximum absolute atomic E-state index is 14.0. The summed E-state index contributed by atoms with van der Waals surface area (Å²) in [4.78, 5) is 31.9. The largest absolute Gasteiger partial charge is 0.397 e. The number of amides is 2. The van der Waals surface area contributed by atoms with Crippen LogP contribution in [0.5, 0.6) is 0 Å². The van der Waals surface area contributed by atoms with E-state index in [0.717, 1.165) is 42.1 Å². The van der Waals surface area contributed by atoms with Crippen molar-refractivity contribution < 1.29 is 22.8 Å². The fourth-order valence-corrected chi connectivity index (χ4v) is 8.57. The van der Waals surface area contributed by atoms with Crippen molar-refractivity contribution in [2.75, 3.05) is 40.3 Å². The summed E-state index contributed by atoms with van der Waals surface area (Å²) in [7, 11) is 3.02. The molecule has 1 atom stereocenters. The first-order chi connectivity index (χ1) is 21.8. The van der Waals surface area contributed by atoms with Gasteiger partial charge >= 0.3 is 6.18 Å². The van der Waals surface area contributed by atoms with Crippen LogP contribution in [0.2, 0.25) is 10.0 Å². The van der Waals surface area contributed by atoms with Gasteiger partial charge in [0.25, 0.3) is 0 Å². The van der Waals surface area contributed by atoms with Crippen LogP contribution in [0.25, 0.3) is 0 Å². The van der Waals surface area contributed by atoms with E-state index in [9.17, 15) is 22.8 Å². The average Bonchev–Trinajstić information content (AvgIpc) is 3.38. The van der Waals surface area contributed by atoms with Crippen molar-refractivity contribution in [3.63, 3.8) is 0 Å². The van der Waals surface area contributed by atoms with E-state index in [-0.39, 0.29) is 28.6 Å². The Kier molecular flexibility index (Phi) is 10.7. The first-order valence-corrected chi connectivity index (χ1v) is 17.1. The number of hydrogen-bond donors (Lipinski definition) is 0. The summed E-state index contributed by atoms with van der Waals surface area (Å²) in [5, 5.41) is 0.573. The molecule has 0 aliphatic carbocycles. The van der Waals surface area contributed by atoms with E-state index < -0.39 is 24.0 Å². The Bertz CT molecular complexity index is 1550. The summed E-state index contributed by atoms with van der Waals surface area (Å²) in [6.07, 6.45) is -3.85. The number of fused-ring (bicyclic) bond motifs is 2. The second-order valence-corrected chi connectivity index (χ2v) is 14.5. The minimum Gasteiger partial charge on any atom is -0.343 e. The van der Waals surface area contributed by atoms with Crippen LogP contribution in [-0.2, 0) is 32.0 Å². The molecule has 0 bridgehead atoms. The third kappa shape index (κ3) is 7.70. The van der Waals surface area contributed by atoms with Gasteiger partial charge in [-0.1, -0.05) is 83.9 Å². The first-order valence-electron chi connectivity index (χ1n) is 15.3. The molecule has 0 saturated carbocycles. The van der Waals surface area contributed by atoms with Crippen LogP contribution in [0.3, 0.4) is 0 Å². The van der Waals surface area contributed by atoms with Crippen LogP contribution in [0.15, 0.2) is 72.8 Å². The lowest BCUT2D eigenvalue weighted by Crippen LogP contribution is -2.56. The molecule has 2 heterocycles. The quantitative estimate of drug-likeness (QED) is 0.217. The number of rotatable bonds is 10. The predicted molar refractivity (Wildman–Crippen MR) is 179 cm³/mol. The Morgan fingerprint density at radius 1 is 0.913 bits per heavy atom. The van der Waals surface area contributed by atoms with E-state index in [4.69, 9.17) is 23.2 Å². The Balaban J connectivity index is 1.45. The van der Waals surface area contributed by atoms with Gasteiger partial charge in [0.15, 0.2) is 0 Å². The number of benzene rings is 3. The van der Waals surface area contributed by atoms with E-state index in [2.05, 4.69) is 29.2 Å². The second-order valence-electron chi connectivity index (χ2n) is 12.3. The zero-order valence-electron chi connectivity index (χ0n) is 26.0. The molecule has 2 aliphatic heterocycles. The lowest BCUT2D eigenvalue weighted by molar-refractivity contribution is -0.162. The molecule has 3 aromatic rings. The summed E-state index contributed by atoms with van der Waals surface area (Å²) in [5.41, 5.74) is 3.02.